The van der Waals surface area contributed by atoms with Gasteiger partial charge >= 0.3 is 0 Å². The summed E-state index contributed by atoms with van der Waals surface area (Å²) in [5.74, 6) is -0.940. The summed E-state index contributed by atoms with van der Waals surface area (Å²) in [6, 6.07) is 2.93. The maximum Gasteiger partial charge on any atom is 0.285 e. The van der Waals surface area contributed by atoms with Gasteiger partial charge in [-0.2, -0.15) is 0 Å². The molecule has 0 fully saturated rings. The van der Waals surface area contributed by atoms with E-state index >= 15 is 0 Å². The zero-order valence-corrected chi connectivity index (χ0v) is 11.0. The Morgan fingerprint density at radius 2 is 2.05 bits per heavy atom. The summed E-state index contributed by atoms with van der Waals surface area (Å²) in [5.41, 5.74) is -0.626. The van der Waals surface area contributed by atoms with Crippen LogP contribution in [0.5, 0.6) is 0 Å². The number of hydrogen-bond acceptors (Lipinski definition) is 3. The maximum atomic E-state index is 13.0. The van der Waals surface area contributed by atoms with Crippen LogP contribution in [-0.4, -0.2) is 17.4 Å². The van der Waals surface area contributed by atoms with Gasteiger partial charge in [0.25, 0.3) is 11.6 Å². The lowest BCUT2D eigenvalue weighted by Gasteiger charge is -2.13. The highest BCUT2D eigenvalue weighted by Gasteiger charge is 2.21. The number of nitro groups is 1. The molecule has 0 saturated carbocycles. The van der Waals surface area contributed by atoms with Gasteiger partial charge in [0.05, 0.1) is 11.0 Å². The molecule has 0 saturated heterocycles. The van der Waals surface area contributed by atoms with E-state index in [1.54, 1.807) is 0 Å². The quantitative estimate of drug-likeness (QED) is 0.637. The first-order valence-electron chi connectivity index (χ1n) is 6.21. The number of halogens is 1. The predicted molar refractivity (Wildman–Crippen MR) is 69.5 cm³/mol. The highest BCUT2D eigenvalue weighted by molar-refractivity contribution is 5.98. The van der Waals surface area contributed by atoms with Gasteiger partial charge in [0.15, 0.2) is 0 Å². The molecular formula is C13H17FN2O3. The summed E-state index contributed by atoms with van der Waals surface area (Å²) >= 11 is 0. The number of benzene rings is 1. The number of nitrogens with zero attached hydrogens (tertiary/aromatic N) is 1. The van der Waals surface area contributed by atoms with Crippen molar-refractivity contribution in [1.29, 1.82) is 0 Å². The highest BCUT2D eigenvalue weighted by Crippen LogP contribution is 2.19. The van der Waals surface area contributed by atoms with Crippen LogP contribution >= 0.6 is 0 Å². The first-order chi connectivity index (χ1) is 8.99. The van der Waals surface area contributed by atoms with Crippen molar-refractivity contribution < 1.29 is 14.1 Å². The monoisotopic (exact) mass is 268 g/mol. The largest absolute Gasteiger partial charge is 0.352 e. The fourth-order valence-electron chi connectivity index (χ4n) is 1.76. The Morgan fingerprint density at radius 3 is 2.58 bits per heavy atom. The Balaban J connectivity index is 2.85. The molecule has 0 spiro atoms. The second kappa shape index (κ2) is 6.82. The minimum Gasteiger partial charge on any atom is -0.352 e. The molecule has 0 aliphatic rings. The van der Waals surface area contributed by atoms with Crippen molar-refractivity contribution in [3.8, 4) is 0 Å². The van der Waals surface area contributed by atoms with Gasteiger partial charge in [-0.25, -0.2) is 4.39 Å². The highest BCUT2D eigenvalue weighted by atomic mass is 19.1. The first kappa shape index (κ1) is 15.1. The topological polar surface area (TPSA) is 72.2 Å². The van der Waals surface area contributed by atoms with E-state index < -0.39 is 22.3 Å². The molecule has 1 aromatic carbocycles. The number of carbonyl (C=O) groups excluding carboxylic acids is 1. The Kier molecular flexibility index (Phi) is 5.41. The van der Waals surface area contributed by atoms with Gasteiger partial charge in [0.2, 0.25) is 0 Å². The van der Waals surface area contributed by atoms with Crippen molar-refractivity contribution in [2.75, 3.05) is 6.54 Å². The van der Waals surface area contributed by atoms with Crippen LogP contribution in [0.2, 0.25) is 0 Å². The van der Waals surface area contributed by atoms with E-state index in [1.165, 1.54) is 0 Å². The van der Waals surface area contributed by atoms with E-state index in [9.17, 15) is 19.3 Å². The van der Waals surface area contributed by atoms with Crippen molar-refractivity contribution >= 4 is 11.6 Å². The van der Waals surface area contributed by atoms with E-state index in [1.807, 2.05) is 13.8 Å². The number of rotatable bonds is 6. The molecule has 1 amide bonds. The van der Waals surface area contributed by atoms with Crippen LogP contribution in [0, 0.1) is 21.8 Å². The van der Waals surface area contributed by atoms with Gasteiger partial charge < -0.3 is 5.32 Å². The summed E-state index contributed by atoms with van der Waals surface area (Å²) < 4.78 is 13.0. The molecule has 0 heterocycles. The lowest BCUT2D eigenvalue weighted by atomic mass is 10.0. The zero-order chi connectivity index (χ0) is 14.4. The molecule has 1 aromatic rings. The van der Waals surface area contributed by atoms with E-state index in [0.29, 0.717) is 12.5 Å². The number of carbonyl (C=O) groups is 1. The van der Waals surface area contributed by atoms with Crippen LogP contribution in [0.1, 0.15) is 37.0 Å². The third kappa shape index (κ3) is 4.01. The van der Waals surface area contributed by atoms with E-state index in [-0.39, 0.29) is 5.56 Å². The minimum atomic E-state index is -0.755. The molecule has 0 bridgehead atoms. The van der Waals surface area contributed by atoms with Crippen LogP contribution in [-0.2, 0) is 0 Å². The summed E-state index contributed by atoms with van der Waals surface area (Å²) in [4.78, 5) is 21.9. The van der Waals surface area contributed by atoms with E-state index in [0.717, 1.165) is 31.0 Å². The molecule has 0 atom stereocenters. The Morgan fingerprint density at radius 1 is 1.42 bits per heavy atom. The molecule has 19 heavy (non-hydrogen) atoms. The fourth-order valence-corrected chi connectivity index (χ4v) is 1.76. The normalized spacial score (nSPS) is 10.5. The Bertz CT molecular complexity index is 473. The van der Waals surface area contributed by atoms with Crippen molar-refractivity contribution in [3.05, 3.63) is 39.7 Å². The summed E-state index contributed by atoms with van der Waals surface area (Å²) in [5, 5.41) is 13.4. The SMILES string of the molecule is CCC(CC)CNC(=O)c1ccc(F)cc1[N+](=O)[O-]. The molecule has 1 rings (SSSR count). The van der Waals surface area contributed by atoms with Gasteiger partial charge in [-0.3, -0.25) is 14.9 Å². The summed E-state index contributed by atoms with van der Waals surface area (Å²) in [6.07, 6.45) is 1.84. The third-order valence-corrected chi connectivity index (χ3v) is 3.11. The second-order valence-corrected chi connectivity index (χ2v) is 4.31. The van der Waals surface area contributed by atoms with Crippen LogP contribution < -0.4 is 5.32 Å². The van der Waals surface area contributed by atoms with Gasteiger partial charge in [-0.1, -0.05) is 26.7 Å². The molecule has 5 nitrogen and oxygen atoms in total. The van der Waals surface area contributed by atoms with Crippen LogP contribution in [0.25, 0.3) is 0 Å². The predicted octanol–water partition coefficient (Wildman–Crippen LogP) is 2.90. The Hall–Kier alpha value is -1.98. The van der Waals surface area contributed by atoms with Crippen LogP contribution in [0.15, 0.2) is 18.2 Å². The third-order valence-electron chi connectivity index (χ3n) is 3.11. The van der Waals surface area contributed by atoms with E-state index in [4.69, 9.17) is 0 Å². The van der Waals surface area contributed by atoms with Crippen molar-refractivity contribution in [1.82, 2.24) is 5.32 Å². The minimum absolute atomic E-state index is 0.114. The first-order valence-corrected chi connectivity index (χ1v) is 6.21. The van der Waals surface area contributed by atoms with Crippen molar-refractivity contribution in [2.45, 2.75) is 26.7 Å². The number of nitro benzene ring substituents is 1. The summed E-state index contributed by atoms with van der Waals surface area (Å²) in [6.45, 7) is 4.49. The van der Waals surface area contributed by atoms with Crippen LogP contribution in [0.3, 0.4) is 0 Å². The van der Waals surface area contributed by atoms with Crippen LogP contribution in [0.4, 0.5) is 10.1 Å². The molecular weight excluding hydrogens is 251 g/mol. The number of hydrogen-bond donors (Lipinski definition) is 1. The molecule has 0 aliphatic heterocycles. The lowest BCUT2D eigenvalue weighted by molar-refractivity contribution is -0.385. The summed E-state index contributed by atoms with van der Waals surface area (Å²) in [7, 11) is 0. The molecule has 104 valence electrons. The average Bonchev–Trinajstić information content (AvgIpc) is 2.39. The lowest BCUT2D eigenvalue weighted by Crippen LogP contribution is -2.29. The molecule has 0 aliphatic carbocycles. The maximum absolute atomic E-state index is 13.0. The van der Waals surface area contributed by atoms with E-state index in [2.05, 4.69) is 5.32 Å². The molecule has 0 radical (unpaired) electrons. The van der Waals surface area contributed by atoms with Crippen molar-refractivity contribution in [3.63, 3.8) is 0 Å². The average molecular weight is 268 g/mol. The standard InChI is InChI=1S/C13H17FN2O3/c1-3-9(4-2)8-15-13(17)11-6-5-10(14)7-12(11)16(18)19/h5-7,9H,3-4,8H2,1-2H3,(H,15,17). The van der Waals surface area contributed by atoms with Crippen molar-refractivity contribution in [2.24, 2.45) is 5.92 Å². The van der Waals surface area contributed by atoms with Gasteiger partial charge in [-0.15, -0.1) is 0 Å². The van der Waals surface area contributed by atoms with Gasteiger partial charge in [-0.05, 0) is 18.1 Å². The van der Waals surface area contributed by atoms with Gasteiger partial charge in [0, 0.05) is 6.54 Å². The Labute approximate surface area is 111 Å². The molecule has 0 unspecified atom stereocenters. The smallest absolute Gasteiger partial charge is 0.285 e. The molecule has 6 heteroatoms. The number of amides is 1. The van der Waals surface area contributed by atoms with Gasteiger partial charge in [0.1, 0.15) is 11.4 Å². The fraction of sp³-hybridized carbons (Fsp3) is 0.462. The second-order valence-electron chi connectivity index (χ2n) is 4.31. The molecule has 0 aromatic heterocycles. The number of nitrogens with one attached hydrogen (secondary N) is 1. The molecule has 1 N–H and O–H groups in total. The zero-order valence-electron chi connectivity index (χ0n) is 11.0.